The van der Waals surface area contributed by atoms with Crippen LogP contribution in [0.1, 0.15) is 18.9 Å². The number of benzene rings is 1. The lowest BCUT2D eigenvalue weighted by Gasteiger charge is -2.24. The molecule has 0 aliphatic carbocycles. The summed E-state index contributed by atoms with van der Waals surface area (Å²) < 4.78 is 0. The largest absolute Gasteiger partial charge is 0.294 e. The van der Waals surface area contributed by atoms with E-state index in [1.165, 1.54) is 0 Å². The van der Waals surface area contributed by atoms with Crippen LogP contribution in [0, 0.1) is 0 Å². The molecule has 3 nitrogen and oxygen atoms in total. The number of hydrogen-bond donors (Lipinski definition) is 1. The molecular weight excluding hydrogens is 190 g/mol. The van der Waals surface area contributed by atoms with Gasteiger partial charge in [-0.05, 0) is 12.1 Å². The first-order chi connectivity index (χ1) is 7.22. The van der Waals surface area contributed by atoms with E-state index in [-0.39, 0.29) is 12.3 Å². The minimum absolute atomic E-state index is 0.0866. The zero-order chi connectivity index (χ0) is 10.8. The number of rotatable bonds is 2. The smallest absolute Gasteiger partial charge is 0.160 e. The number of nitrogens with zero attached hydrogens (tertiary/aromatic N) is 1. The van der Waals surface area contributed by atoms with Crippen LogP contribution >= 0.6 is 0 Å². The summed E-state index contributed by atoms with van der Waals surface area (Å²) in [5.74, 6) is 0.0866. The molecule has 78 valence electrons. The first-order valence-corrected chi connectivity index (χ1v) is 5.01. The van der Waals surface area contributed by atoms with Crippen molar-refractivity contribution in [3.05, 3.63) is 35.4 Å². The number of ketones is 1. The lowest BCUT2D eigenvalue weighted by atomic mass is 10.0. The van der Waals surface area contributed by atoms with Crippen molar-refractivity contribution in [2.45, 2.75) is 13.3 Å². The third-order valence-electron chi connectivity index (χ3n) is 2.54. The fraction of sp³-hybridized carbons (Fsp3) is 0.250. The first-order valence-electron chi connectivity index (χ1n) is 5.01. The Balaban J connectivity index is 2.43. The quantitative estimate of drug-likeness (QED) is 0.801. The topological polar surface area (TPSA) is 40.5 Å². The molecule has 0 atom stereocenters. The third kappa shape index (κ3) is 1.78. The Morgan fingerprint density at radius 1 is 1.47 bits per heavy atom. The van der Waals surface area contributed by atoms with Crippen molar-refractivity contribution >= 4 is 17.5 Å². The maximum absolute atomic E-state index is 11.5. The number of hydrogen-bond acceptors (Lipinski definition) is 3. The molecule has 0 spiro atoms. The van der Waals surface area contributed by atoms with Crippen molar-refractivity contribution in [1.82, 2.24) is 0 Å². The lowest BCUT2D eigenvalue weighted by molar-refractivity contribution is -0.115. The highest BCUT2D eigenvalue weighted by atomic mass is 16.5. The number of carbonyl (C=O) groups is 1. The highest BCUT2D eigenvalue weighted by Gasteiger charge is 2.19. The molecule has 15 heavy (non-hydrogen) atoms. The number of fused-ring (bicyclic) bond motifs is 1. The van der Waals surface area contributed by atoms with Gasteiger partial charge in [0.1, 0.15) is 0 Å². The van der Waals surface area contributed by atoms with Gasteiger partial charge in [-0.15, -0.1) is 0 Å². The molecule has 0 fully saturated rings. The molecule has 1 heterocycles. The second-order valence-corrected chi connectivity index (χ2v) is 3.56. The number of para-hydroxylation sites is 1. The summed E-state index contributed by atoms with van der Waals surface area (Å²) in [7, 11) is 0. The molecule has 1 aromatic carbocycles. The van der Waals surface area contributed by atoms with Crippen LogP contribution in [0.3, 0.4) is 0 Å². The summed E-state index contributed by atoms with van der Waals surface area (Å²) in [6.07, 6.45) is 2.33. The summed E-state index contributed by atoms with van der Waals surface area (Å²) in [6, 6.07) is 7.48. The SMILES string of the molecule is CCC(=O)C1=Cc2ccccc2N(O)C1. The van der Waals surface area contributed by atoms with E-state index in [0.717, 1.165) is 16.3 Å². The van der Waals surface area contributed by atoms with Crippen LogP contribution in [-0.2, 0) is 4.79 Å². The predicted octanol–water partition coefficient (Wildman–Crippen LogP) is 2.26. The monoisotopic (exact) mass is 203 g/mol. The number of anilines is 1. The maximum atomic E-state index is 11.5. The van der Waals surface area contributed by atoms with Crippen molar-refractivity contribution < 1.29 is 10.0 Å². The van der Waals surface area contributed by atoms with Crippen molar-refractivity contribution in [2.75, 3.05) is 11.6 Å². The van der Waals surface area contributed by atoms with Crippen LogP contribution in [0.4, 0.5) is 5.69 Å². The van der Waals surface area contributed by atoms with Crippen molar-refractivity contribution in [2.24, 2.45) is 0 Å². The number of hydroxylamine groups is 1. The molecule has 1 aliphatic rings. The molecule has 3 heteroatoms. The van der Waals surface area contributed by atoms with E-state index in [0.29, 0.717) is 12.0 Å². The normalized spacial score (nSPS) is 14.5. The zero-order valence-corrected chi connectivity index (χ0v) is 8.60. The van der Waals surface area contributed by atoms with Gasteiger partial charge >= 0.3 is 0 Å². The summed E-state index contributed by atoms with van der Waals surface area (Å²) in [6.45, 7) is 2.11. The van der Waals surface area contributed by atoms with Gasteiger partial charge in [0.05, 0.1) is 12.2 Å². The molecule has 1 N–H and O–H groups in total. The second kappa shape index (κ2) is 3.87. The highest BCUT2D eigenvalue weighted by molar-refractivity contribution is 6.02. The van der Waals surface area contributed by atoms with Crippen LogP contribution in [0.5, 0.6) is 0 Å². The minimum atomic E-state index is 0.0866. The average Bonchev–Trinajstić information content (AvgIpc) is 2.28. The average molecular weight is 203 g/mol. The Kier molecular flexibility index (Phi) is 2.56. The molecule has 0 unspecified atom stereocenters. The van der Waals surface area contributed by atoms with E-state index >= 15 is 0 Å². The van der Waals surface area contributed by atoms with E-state index in [4.69, 9.17) is 0 Å². The van der Waals surface area contributed by atoms with Gasteiger partial charge in [0.15, 0.2) is 5.78 Å². The number of Topliss-reactive ketones (excluding diaryl/α,β-unsaturated/α-hetero) is 1. The Bertz CT molecular complexity index is 423. The number of carbonyl (C=O) groups excluding carboxylic acids is 1. The first kappa shape index (κ1) is 9.93. The maximum Gasteiger partial charge on any atom is 0.160 e. The highest BCUT2D eigenvalue weighted by Crippen LogP contribution is 2.27. The van der Waals surface area contributed by atoms with Crippen LogP contribution in [0.15, 0.2) is 29.8 Å². The van der Waals surface area contributed by atoms with Gasteiger partial charge < -0.3 is 0 Å². The summed E-state index contributed by atoms with van der Waals surface area (Å²) >= 11 is 0. The van der Waals surface area contributed by atoms with E-state index < -0.39 is 0 Å². The van der Waals surface area contributed by atoms with Crippen LogP contribution < -0.4 is 5.06 Å². The summed E-state index contributed by atoms with van der Waals surface area (Å²) in [4.78, 5) is 11.5. The standard InChI is InChI=1S/C12H13NO2/c1-2-12(14)10-7-9-5-3-4-6-11(9)13(15)8-10/h3-7,15H,2,8H2,1H3. The molecule has 0 amide bonds. The van der Waals surface area contributed by atoms with Gasteiger partial charge in [-0.3, -0.25) is 15.1 Å². The predicted molar refractivity (Wildman–Crippen MR) is 58.8 cm³/mol. The lowest BCUT2D eigenvalue weighted by Crippen LogP contribution is -2.27. The minimum Gasteiger partial charge on any atom is -0.294 e. The van der Waals surface area contributed by atoms with Gasteiger partial charge in [-0.25, -0.2) is 0 Å². The molecule has 0 radical (unpaired) electrons. The molecular formula is C12H13NO2. The molecule has 0 bridgehead atoms. The van der Waals surface area contributed by atoms with Gasteiger partial charge in [-0.1, -0.05) is 25.1 Å². The molecule has 0 saturated heterocycles. The molecule has 2 rings (SSSR count). The Morgan fingerprint density at radius 3 is 2.93 bits per heavy atom. The third-order valence-corrected chi connectivity index (χ3v) is 2.54. The van der Waals surface area contributed by atoms with E-state index in [9.17, 15) is 10.0 Å². The van der Waals surface area contributed by atoms with Crippen LogP contribution in [0.25, 0.3) is 6.08 Å². The fourth-order valence-electron chi connectivity index (χ4n) is 1.72. The van der Waals surface area contributed by atoms with Crippen molar-refractivity contribution in [3.8, 4) is 0 Å². The Labute approximate surface area is 88.6 Å². The van der Waals surface area contributed by atoms with Crippen LogP contribution in [0.2, 0.25) is 0 Å². The summed E-state index contributed by atoms with van der Waals surface area (Å²) in [5.41, 5.74) is 2.31. The van der Waals surface area contributed by atoms with Gasteiger partial charge in [0, 0.05) is 17.6 Å². The van der Waals surface area contributed by atoms with Crippen molar-refractivity contribution in [3.63, 3.8) is 0 Å². The van der Waals surface area contributed by atoms with Crippen LogP contribution in [-0.4, -0.2) is 17.5 Å². The molecule has 1 aromatic rings. The second-order valence-electron chi connectivity index (χ2n) is 3.56. The van der Waals surface area contributed by atoms with E-state index in [1.807, 2.05) is 37.3 Å². The van der Waals surface area contributed by atoms with Gasteiger partial charge in [0.2, 0.25) is 0 Å². The van der Waals surface area contributed by atoms with E-state index in [1.54, 1.807) is 0 Å². The van der Waals surface area contributed by atoms with E-state index in [2.05, 4.69) is 0 Å². The molecule has 1 aliphatic heterocycles. The fourth-order valence-corrected chi connectivity index (χ4v) is 1.72. The Morgan fingerprint density at radius 2 is 2.20 bits per heavy atom. The van der Waals surface area contributed by atoms with Gasteiger partial charge in [0.25, 0.3) is 0 Å². The Hall–Kier alpha value is -1.61. The zero-order valence-electron chi connectivity index (χ0n) is 8.60. The molecule has 0 saturated carbocycles. The molecule has 0 aromatic heterocycles. The van der Waals surface area contributed by atoms with Gasteiger partial charge in [-0.2, -0.15) is 0 Å². The summed E-state index contributed by atoms with van der Waals surface area (Å²) in [5, 5.41) is 10.8. The van der Waals surface area contributed by atoms with Crippen molar-refractivity contribution in [1.29, 1.82) is 0 Å².